The Bertz CT molecular complexity index is 674. The van der Waals surface area contributed by atoms with Crippen LogP contribution in [-0.2, 0) is 20.7 Å². The van der Waals surface area contributed by atoms with Gasteiger partial charge in [-0.25, -0.2) is 0 Å². The minimum absolute atomic E-state index is 0.191. The summed E-state index contributed by atoms with van der Waals surface area (Å²) in [6.07, 6.45) is 4.41. The zero-order valence-corrected chi connectivity index (χ0v) is 17.5. The molecule has 2 aliphatic heterocycles. The van der Waals surface area contributed by atoms with E-state index in [1.807, 2.05) is 23.1 Å². The SMILES string of the molecule is CCNC(=NCCCC(=O)N1CCc2ccccc21)NCCCOC1CCOC1. The van der Waals surface area contributed by atoms with Gasteiger partial charge in [0, 0.05) is 51.5 Å². The first-order chi connectivity index (χ1) is 14.3. The van der Waals surface area contributed by atoms with Crippen molar-refractivity contribution in [1.82, 2.24) is 10.6 Å². The van der Waals surface area contributed by atoms with Gasteiger partial charge >= 0.3 is 0 Å². The highest BCUT2D eigenvalue weighted by molar-refractivity contribution is 5.95. The molecule has 1 unspecified atom stereocenters. The second-order valence-corrected chi connectivity index (χ2v) is 7.43. The molecule has 1 amide bonds. The van der Waals surface area contributed by atoms with Gasteiger partial charge in [0.15, 0.2) is 5.96 Å². The minimum Gasteiger partial charge on any atom is -0.379 e. The monoisotopic (exact) mass is 402 g/mol. The number of amides is 1. The van der Waals surface area contributed by atoms with E-state index in [9.17, 15) is 4.79 Å². The molecule has 0 radical (unpaired) electrons. The van der Waals surface area contributed by atoms with Crippen LogP contribution in [0.2, 0.25) is 0 Å². The van der Waals surface area contributed by atoms with Crippen LogP contribution in [0.5, 0.6) is 0 Å². The predicted octanol–water partition coefficient (Wildman–Crippen LogP) is 2.11. The largest absolute Gasteiger partial charge is 0.379 e. The molecule has 1 atom stereocenters. The fourth-order valence-electron chi connectivity index (χ4n) is 3.67. The first-order valence-electron chi connectivity index (χ1n) is 10.9. The number of carbonyl (C=O) groups excluding carboxylic acids is 1. The molecule has 0 spiro atoms. The molecule has 0 aromatic heterocycles. The molecule has 2 heterocycles. The van der Waals surface area contributed by atoms with Gasteiger partial charge in [0.1, 0.15) is 0 Å². The Hall–Kier alpha value is -2.12. The summed E-state index contributed by atoms with van der Waals surface area (Å²) in [5, 5.41) is 6.59. The Morgan fingerprint density at radius 1 is 1.31 bits per heavy atom. The third-order valence-corrected chi connectivity index (χ3v) is 5.21. The topological polar surface area (TPSA) is 75.2 Å². The van der Waals surface area contributed by atoms with Gasteiger partial charge in [-0.05, 0) is 44.2 Å². The van der Waals surface area contributed by atoms with Crippen LogP contribution in [0, 0.1) is 0 Å². The number of guanidine groups is 1. The van der Waals surface area contributed by atoms with Gasteiger partial charge in [-0.3, -0.25) is 9.79 Å². The van der Waals surface area contributed by atoms with Gasteiger partial charge in [-0.2, -0.15) is 0 Å². The highest BCUT2D eigenvalue weighted by Gasteiger charge is 2.23. The molecule has 7 nitrogen and oxygen atoms in total. The third-order valence-electron chi connectivity index (χ3n) is 5.21. The maximum absolute atomic E-state index is 12.6. The zero-order chi connectivity index (χ0) is 20.3. The summed E-state index contributed by atoms with van der Waals surface area (Å²) < 4.78 is 11.1. The van der Waals surface area contributed by atoms with Gasteiger partial charge in [0.25, 0.3) is 0 Å². The summed E-state index contributed by atoms with van der Waals surface area (Å²) in [6.45, 7) is 7.36. The first kappa shape index (κ1) is 21.6. The van der Waals surface area contributed by atoms with Crippen molar-refractivity contribution >= 4 is 17.6 Å². The molecule has 0 aliphatic carbocycles. The Kier molecular flexibility index (Phi) is 8.77. The van der Waals surface area contributed by atoms with E-state index < -0.39 is 0 Å². The molecule has 2 aliphatic rings. The van der Waals surface area contributed by atoms with Crippen LogP contribution < -0.4 is 15.5 Å². The van der Waals surface area contributed by atoms with Crippen molar-refractivity contribution in [2.75, 3.05) is 50.9 Å². The fourth-order valence-corrected chi connectivity index (χ4v) is 3.67. The molecule has 2 N–H and O–H groups in total. The van der Waals surface area contributed by atoms with Crippen LogP contribution in [-0.4, -0.2) is 64.0 Å². The summed E-state index contributed by atoms with van der Waals surface area (Å²) in [5.74, 6) is 0.992. The molecule has 0 bridgehead atoms. The molecule has 1 aromatic carbocycles. The molecular weight excluding hydrogens is 368 g/mol. The van der Waals surface area contributed by atoms with Crippen molar-refractivity contribution in [1.29, 1.82) is 0 Å². The van der Waals surface area contributed by atoms with Crippen molar-refractivity contribution < 1.29 is 14.3 Å². The molecule has 1 aromatic rings. The number of ether oxygens (including phenoxy) is 2. The quantitative estimate of drug-likeness (QED) is 0.356. The number of hydrogen-bond donors (Lipinski definition) is 2. The van der Waals surface area contributed by atoms with Crippen LogP contribution in [0.1, 0.15) is 38.2 Å². The standard InChI is InChI=1S/C22H34N4O3/c1-2-23-22(25-13-6-15-29-19-11-16-28-17-19)24-12-5-9-21(27)26-14-10-18-7-3-4-8-20(18)26/h3-4,7-8,19H,2,5-6,9-17H2,1H3,(H2,23,24,25). The van der Waals surface area contributed by atoms with Gasteiger partial charge < -0.3 is 25.0 Å². The van der Waals surface area contributed by atoms with Gasteiger partial charge in [0.05, 0.1) is 12.7 Å². The van der Waals surface area contributed by atoms with Crippen molar-refractivity contribution in [3.05, 3.63) is 29.8 Å². The number of carbonyl (C=O) groups is 1. The number of nitrogens with one attached hydrogen (secondary N) is 2. The summed E-state index contributed by atoms with van der Waals surface area (Å²) in [5.41, 5.74) is 2.34. The van der Waals surface area contributed by atoms with E-state index in [2.05, 4.69) is 28.6 Å². The average molecular weight is 403 g/mol. The Labute approximate surface area is 173 Å². The van der Waals surface area contributed by atoms with Crippen molar-refractivity contribution in [3.63, 3.8) is 0 Å². The van der Waals surface area contributed by atoms with Gasteiger partial charge in [-0.15, -0.1) is 0 Å². The number of fused-ring (bicyclic) bond motifs is 1. The average Bonchev–Trinajstić information content (AvgIpc) is 3.40. The fraction of sp³-hybridized carbons (Fsp3) is 0.636. The van der Waals surface area contributed by atoms with Crippen LogP contribution in [0.3, 0.4) is 0 Å². The number of hydrogen-bond acceptors (Lipinski definition) is 4. The number of rotatable bonds is 10. The van der Waals surface area contributed by atoms with Crippen molar-refractivity contribution in [3.8, 4) is 0 Å². The van der Waals surface area contributed by atoms with E-state index >= 15 is 0 Å². The second kappa shape index (κ2) is 11.8. The molecule has 1 fully saturated rings. The molecule has 160 valence electrons. The summed E-state index contributed by atoms with van der Waals surface area (Å²) in [4.78, 5) is 19.1. The molecule has 29 heavy (non-hydrogen) atoms. The van der Waals surface area contributed by atoms with Crippen LogP contribution >= 0.6 is 0 Å². The number of nitrogens with zero attached hydrogens (tertiary/aromatic N) is 2. The van der Waals surface area contributed by atoms with Gasteiger partial charge in [-0.1, -0.05) is 18.2 Å². The number of para-hydroxylation sites is 1. The van der Waals surface area contributed by atoms with E-state index in [0.717, 1.165) is 76.8 Å². The predicted molar refractivity (Wildman–Crippen MR) is 116 cm³/mol. The summed E-state index contributed by atoms with van der Waals surface area (Å²) in [7, 11) is 0. The number of anilines is 1. The lowest BCUT2D eigenvalue weighted by atomic mass is 10.2. The highest BCUT2D eigenvalue weighted by Crippen LogP contribution is 2.27. The molecule has 7 heteroatoms. The van der Waals surface area contributed by atoms with E-state index in [0.29, 0.717) is 13.0 Å². The van der Waals surface area contributed by atoms with Gasteiger partial charge in [0.2, 0.25) is 5.91 Å². The maximum Gasteiger partial charge on any atom is 0.227 e. The van der Waals surface area contributed by atoms with E-state index in [-0.39, 0.29) is 12.0 Å². The van der Waals surface area contributed by atoms with E-state index in [4.69, 9.17) is 9.47 Å². The third kappa shape index (κ3) is 6.72. The Balaban J connectivity index is 1.32. The highest BCUT2D eigenvalue weighted by atomic mass is 16.5. The Morgan fingerprint density at radius 2 is 2.21 bits per heavy atom. The second-order valence-electron chi connectivity index (χ2n) is 7.43. The zero-order valence-electron chi connectivity index (χ0n) is 17.5. The lowest BCUT2D eigenvalue weighted by molar-refractivity contribution is -0.118. The number of aliphatic imine (C=N–C) groups is 1. The van der Waals surface area contributed by atoms with E-state index in [1.54, 1.807) is 0 Å². The molecule has 3 rings (SSSR count). The van der Waals surface area contributed by atoms with Crippen molar-refractivity contribution in [2.45, 2.75) is 45.1 Å². The summed E-state index contributed by atoms with van der Waals surface area (Å²) >= 11 is 0. The van der Waals surface area contributed by atoms with Crippen LogP contribution in [0.4, 0.5) is 5.69 Å². The molecule has 0 saturated carbocycles. The Morgan fingerprint density at radius 3 is 3.03 bits per heavy atom. The van der Waals surface area contributed by atoms with Crippen LogP contribution in [0.15, 0.2) is 29.3 Å². The maximum atomic E-state index is 12.6. The number of benzene rings is 1. The minimum atomic E-state index is 0.191. The first-order valence-corrected chi connectivity index (χ1v) is 10.9. The normalized spacial score (nSPS) is 18.7. The smallest absolute Gasteiger partial charge is 0.227 e. The van der Waals surface area contributed by atoms with Crippen LogP contribution in [0.25, 0.3) is 0 Å². The summed E-state index contributed by atoms with van der Waals surface area (Å²) in [6, 6.07) is 8.17. The lowest BCUT2D eigenvalue weighted by Crippen LogP contribution is -2.38. The molecule has 1 saturated heterocycles. The lowest BCUT2D eigenvalue weighted by Gasteiger charge is -2.17. The van der Waals surface area contributed by atoms with E-state index in [1.165, 1.54) is 5.56 Å². The molecular formula is C22H34N4O3. The van der Waals surface area contributed by atoms with Crippen molar-refractivity contribution in [2.24, 2.45) is 4.99 Å².